The molecule has 0 bridgehead atoms. The molecule has 0 saturated heterocycles. The quantitative estimate of drug-likeness (QED) is 0.632. The number of fused-ring (bicyclic) bond motifs is 1. The van der Waals surface area contributed by atoms with Gasteiger partial charge in [-0.2, -0.15) is 5.26 Å². The van der Waals surface area contributed by atoms with E-state index >= 15 is 0 Å². The first-order chi connectivity index (χ1) is 13.1. The molecule has 0 fully saturated rings. The summed E-state index contributed by atoms with van der Waals surface area (Å²) in [6, 6.07) is 18.6. The molecule has 0 atom stereocenters. The van der Waals surface area contributed by atoms with Crippen molar-refractivity contribution in [1.82, 2.24) is 4.57 Å². The van der Waals surface area contributed by atoms with Gasteiger partial charge in [0.2, 0.25) is 0 Å². The number of nitriles is 1. The lowest BCUT2D eigenvalue weighted by Gasteiger charge is -2.21. The number of para-hydroxylation sites is 2. The Bertz CT molecular complexity index is 1000. The molecule has 136 valence electrons. The molecule has 0 spiro atoms. The molecule has 1 aromatic heterocycles. The van der Waals surface area contributed by atoms with Gasteiger partial charge in [-0.25, -0.2) is 4.79 Å². The van der Waals surface area contributed by atoms with Gasteiger partial charge in [-0.1, -0.05) is 36.4 Å². The maximum Gasteiger partial charge on any atom is 0.340 e. The summed E-state index contributed by atoms with van der Waals surface area (Å²) in [5.41, 5.74) is 2.00. The first kappa shape index (κ1) is 18.2. The Morgan fingerprint density at radius 2 is 1.81 bits per heavy atom. The smallest absolute Gasteiger partial charge is 0.340 e. The van der Waals surface area contributed by atoms with Gasteiger partial charge in [-0.3, -0.25) is 4.79 Å². The van der Waals surface area contributed by atoms with Crippen LogP contribution in [0.25, 0.3) is 10.9 Å². The maximum atomic E-state index is 12.6. The number of aromatic nitrogens is 1. The van der Waals surface area contributed by atoms with E-state index in [2.05, 4.69) is 0 Å². The van der Waals surface area contributed by atoms with Crippen molar-refractivity contribution in [2.75, 3.05) is 18.1 Å². The van der Waals surface area contributed by atoms with E-state index in [1.54, 1.807) is 18.3 Å². The Morgan fingerprint density at radius 3 is 2.56 bits per heavy atom. The second kappa shape index (κ2) is 8.19. The summed E-state index contributed by atoms with van der Waals surface area (Å²) in [6.07, 6.45) is 1.89. The number of hydrogen-bond acceptors (Lipinski definition) is 4. The molecule has 0 radical (unpaired) electrons. The predicted octanol–water partition coefficient (Wildman–Crippen LogP) is 3.28. The topological polar surface area (TPSA) is 75.3 Å². The fourth-order valence-electron chi connectivity index (χ4n) is 2.95. The highest BCUT2D eigenvalue weighted by Gasteiger charge is 2.20. The summed E-state index contributed by atoms with van der Waals surface area (Å²) in [7, 11) is 1.85. The molecule has 6 nitrogen and oxygen atoms in total. The highest BCUT2D eigenvalue weighted by molar-refractivity contribution is 6.05. The van der Waals surface area contributed by atoms with E-state index in [1.807, 2.05) is 60.1 Å². The van der Waals surface area contributed by atoms with Crippen LogP contribution in [0, 0.1) is 11.3 Å². The monoisotopic (exact) mass is 361 g/mol. The van der Waals surface area contributed by atoms with E-state index < -0.39 is 5.97 Å². The van der Waals surface area contributed by atoms with Gasteiger partial charge < -0.3 is 14.2 Å². The van der Waals surface area contributed by atoms with Crippen LogP contribution in [0.5, 0.6) is 0 Å². The number of aryl methyl sites for hydroxylation is 1. The van der Waals surface area contributed by atoms with Gasteiger partial charge in [0.1, 0.15) is 0 Å². The molecule has 1 heterocycles. The van der Waals surface area contributed by atoms with Gasteiger partial charge in [-0.15, -0.1) is 0 Å². The first-order valence-corrected chi connectivity index (χ1v) is 8.55. The minimum atomic E-state index is -0.548. The molecule has 2 aromatic carbocycles. The number of anilines is 1. The van der Waals surface area contributed by atoms with Gasteiger partial charge in [0.15, 0.2) is 6.61 Å². The highest BCUT2D eigenvalue weighted by atomic mass is 16.5. The van der Waals surface area contributed by atoms with Gasteiger partial charge in [0, 0.05) is 36.4 Å². The second-order valence-corrected chi connectivity index (χ2v) is 6.04. The lowest BCUT2D eigenvalue weighted by atomic mass is 10.2. The standard InChI is InChI=1S/C21H19N3O3/c1-23-14-18(17-10-5-6-11-19(17)23)21(26)27-15-20(25)24(13-7-12-22)16-8-3-2-4-9-16/h2-6,8-11,14H,7,13,15H2,1H3. The van der Waals surface area contributed by atoms with Gasteiger partial charge in [0.25, 0.3) is 5.91 Å². The maximum absolute atomic E-state index is 12.6. The summed E-state index contributed by atoms with van der Waals surface area (Å²) in [5.74, 6) is -0.918. The molecule has 0 aliphatic carbocycles. The fourth-order valence-corrected chi connectivity index (χ4v) is 2.95. The Balaban J connectivity index is 1.73. The molecular weight excluding hydrogens is 342 g/mol. The van der Waals surface area contributed by atoms with Crippen LogP contribution in [0.15, 0.2) is 60.8 Å². The SMILES string of the molecule is Cn1cc(C(=O)OCC(=O)N(CCC#N)c2ccccc2)c2ccccc21. The first-order valence-electron chi connectivity index (χ1n) is 8.55. The largest absolute Gasteiger partial charge is 0.452 e. The van der Waals surface area contributed by atoms with Crippen molar-refractivity contribution in [3.05, 3.63) is 66.4 Å². The molecule has 0 saturated carbocycles. The molecule has 0 unspecified atom stereocenters. The summed E-state index contributed by atoms with van der Waals surface area (Å²) >= 11 is 0. The zero-order chi connectivity index (χ0) is 19.2. The van der Waals surface area contributed by atoms with Crippen molar-refractivity contribution in [2.45, 2.75) is 6.42 Å². The third kappa shape index (κ3) is 3.98. The van der Waals surface area contributed by atoms with Crippen LogP contribution in [-0.2, 0) is 16.6 Å². The van der Waals surface area contributed by atoms with Crippen LogP contribution in [0.2, 0.25) is 0 Å². The molecule has 0 aliphatic heterocycles. The van der Waals surface area contributed by atoms with E-state index in [4.69, 9.17) is 10.00 Å². The minimum Gasteiger partial charge on any atom is -0.452 e. The Labute approximate surface area is 157 Å². The Kier molecular flexibility index (Phi) is 5.53. The third-order valence-corrected chi connectivity index (χ3v) is 4.26. The molecule has 3 aromatic rings. The number of esters is 1. The number of amides is 1. The fraction of sp³-hybridized carbons (Fsp3) is 0.190. The molecule has 0 aliphatic rings. The lowest BCUT2D eigenvalue weighted by molar-refractivity contribution is -0.121. The van der Waals surface area contributed by atoms with Crippen molar-refractivity contribution in [2.24, 2.45) is 7.05 Å². The number of hydrogen-bond donors (Lipinski definition) is 0. The lowest BCUT2D eigenvalue weighted by Crippen LogP contribution is -2.35. The van der Waals surface area contributed by atoms with E-state index in [9.17, 15) is 9.59 Å². The third-order valence-electron chi connectivity index (χ3n) is 4.26. The summed E-state index contributed by atoms with van der Waals surface area (Å²) in [5, 5.41) is 9.62. The van der Waals surface area contributed by atoms with Crippen LogP contribution in [-0.4, -0.2) is 29.6 Å². The normalized spacial score (nSPS) is 10.4. The summed E-state index contributed by atoms with van der Waals surface area (Å²) in [6.45, 7) is -0.145. The van der Waals surface area contributed by atoms with Crippen molar-refractivity contribution >= 4 is 28.5 Å². The molecule has 1 amide bonds. The summed E-state index contributed by atoms with van der Waals surface area (Å²) in [4.78, 5) is 26.5. The van der Waals surface area contributed by atoms with Crippen LogP contribution >= 0.6 is 0 Å². The van der Waals surface area contributed by atoms with Crippen molar-refractivity contribution in [3.63, 3.8) is 0 Å². The Hall–Kier alpha value is -3.59. The van der Waals surface area contributed by atoms with Crippen LogP contribution < -0.4 is 4.90 Å². The van der Waals surface area contributed by atoms with Crippen LogP contribution in [0.4, 0.5) is 5.69 Å². The van der Waals surface area contributed by atoms with E-state index in [0.29, 0.717) is 11.3 Å². The number of nitrogens with zero attached hydrogens (tertiary/aromatic N) is 3. The number of rotatable bonds is 6. The van der Waals surface area contributed by atoms with Crippen LogP contribution in [0.1, 0.15) is 16.8 Å². The van der Waals surface area contributed by atoms with E-state index in [-0.39, 0.29) is 25.5 Å². The molecular formula is C21H19N3O3. The van der Waals surface area contributed by atoms with E-state index in [0.717, 1.165) is 10.9 Å². The zero-order valence-corrected chi connectivity index (χ0v) is 15.0. The van der Waals surface area contributed by atoms with Crippen molar-refractivity contribution < 1.29 is 14.3 Å². The van der Waals surface area contributed by atoms with Crippen LogP contribution in [0.3, 0.4) is 0 Å². The predicted molar refractivity (Wildman–Crippen MR) is 102 cm³/mol. The highest BCUT2D eigenvalue weighted by Crippen LogP contribution is 2.21. The summed E-state index contributed by atoms with van der Waals surface area (Å²) < 4.78 is 7.11. The van der Waals surface area contributed by atoms with Crippen molar-refractivity contribution in [3.8, 4) is 6.07 Å². The number of ether oxygens (including phenoxy) is 1. The van der Waals surface area contributed by atoms with Crippen molar-refractivity contribution in [1.29, 1.82) is 5.26 Å². The van der Waals surface area contributed by atoms with Gasteiger partial charge >= 0.3 is 5.97 Å². The number of carbonyl (C=O) groups is 2. The molecule has 6 heteroatoms. The van der Waals surface area contributed by atoms with Gasteiger partial charge in [-0.05, 0) is 18.2 Å². The van der Waals surface area contributed by atoms with E-state index in [1.165, 1.54) is 4.90 Å². The second-order valence-electron chi connectivity index (χ2n) is 6.04. The minimum absolute atomic E-state index is 0.192. The molecule has 3 rings (SSSR count). The van der Waals surface area contributed by atoms with Gasteiger partial charge in [0.05, 0.1) is 18.1 Å². The zero-order valence-electron chi connectivity index (χ0n) is 15.0. The number of benzene rings is 2. The molecule has 27 heavy (non-hydrogen) atoms. The average Bonchev–Trinajstić information content (AvgIpc) is 3.04. The Morgan fingerprint density at radius 1 is 1.11 bits per heavy atom. The average molecular weight is 361 g/mol. The number of carbonyl (C=O) groups excluding carboxylic acids is 2. The molecule has 0 N–H and O–H groups in total.